The minimum absolute atomic E-state index is 0.501. The summed E-state index contributed by atoms with van der Waals surface area (Å²) in [5.74, 6) is 2.30. The number of H-pyrrole nitrogens is 1. The third kappa shape index (κ3) is 4.08. The van der Waals surface area contributed by atoms with Crippen LogP contribution in [0, 0.1) is 0 Å². The summed E-state index contributed by atoms with van der Waals surface area (Å²) in [6.45, 7) is 5.23. The van der Waals surface area contributed by atoms with E-state index in [4.69, 9.17) is 0 Å². The average molecular weight is 276 g/mol. The topological polar surface area (TPSA) is 53.6 Å². The third-order valence-corrected chi connectivity index (χ3v) is 4.02. The molecule has 5 heteroatoms. The second-order valence-electron chi connectivity index (χ2n) is 4.45. The second kappa shape index (κ2) is 7.31. The number of hydrogen-bond donors (Lipinski definition) is 2. The number of aromatic amines is 1. The fraction of sp³-hybridized carbons (Fsp3) is 0.429. The summed E-state index contributed by atoms with van der Waals surface area (Å²) in [4.78, 5) is 4.15. The van der Waals surface area contributed by atoms with E-state index >= 15 is 0 Å². The van der Waals surface area contributed by atoms with Crippen molar-refractivity contribution in [2.45, 2.75) is 26.4 Å². The Kier molecular flexibility index (Phi) is 5.42. The van der Waals surface area contributed by atoms with Gasteiger partial charge in [0.2, 0.25) is 0 Å². The van der Waals surface area contributed by atoms with Crippen molar-refractivity contribution >= 4 is 11.8 Å². The molecule has 1 unspecified atom stereocenters. The SMILES string of the molecule is CCSCC(C)NCc1cn[nH]c1-c1cccnc1. The summed E-state index contributed by atoms with van der Waals surface area (Å²) < 4.78 is 0. The molecule has 0 aliphatic carbocycles. The van der Waals surface area contributed by atoms with Crippen molar-refractivity contribution in [2.75, 3.05) is 11.5 Å². The van der Waals surface area contributed by atoms with Crippen LogP contribution in [0.1, 0.15) is 19.4 Å². The molecule has 0 bridgehead atoms. The van der Waals surface area contributed by atoms with E-state index in [9.17, 15) is 0 Å². The van der Waals surface area contributed by atoms with E-state index in [1.807, 2.05) is 36.3 Å². The molecule has 2 heterocycles. The van der Waals surface area contributed by atoms with Gasteiger partial charge in [-0.2, -0.15) is 16.9 Å². The molecule has 0 aromatic carbocycles. The summed E-state index contributed by atoms with van der Waals surface area (Å²) in [5.41, 5.74) is 3.31. The van der Waals surface area contributed by atoms with E-state index in [1.54, 1.807) is 6.20 Å². The Morgan fingerprint density at radius 2 is 2.32 bits per heavy atom. The highest BCUT2D eigenvalue weighted by molar-refractivity contribution is 7.99. The van der Waals surface area contributed by atoms with Crippen LogP contribution in [0.5, 0.6) is 0 Å². The van der Waals surface area contributed by atoms with Gasteiger partial charge in [0.1, 0.15) is 0 Å². The summed E-state index contributed by atoms with van der Waals surface area (Å²) in [7, 11) is 0. The number of thioether (sulfide) groups is 1. The number of aromatic nitrogens is 3. The van der Waals surface area contributed by atoms with Gasteiger partial charge in [-0.05, 0) is 24.8 Å². The molecule has 0 spiro atoms. The van der Waals surface area contributed by atoms with Gasteiger partial charge in [-0.15, -0.1) is 0 Å². The molecule has 1 atom stereocenters. The van der Waals surface area contributed by atoms with Crippen LogP contribution in [0.2, 0.25) is 0 Å². The molecule has 2 rings (SSSR count). The Morgan fingerprint density at radius 3 is 3.05 bits per heavy atom. The van der Waals surface area contributed by atoms with Gasteiger partial charge in [-0.3, -0.25) is 10.1 Å². The van der Waals surface area contributed by atoms with Crippen LogP contribution in [0.15, 0.2) is 30.7 Å². The van der Waals surface area contributed by atoms with Crippen LogP contribution in [-0.4, -0.2) is 32.7 Å². The van der Waals surface area contributed by atoms with Crippen molar-refractivity contribution in [3.8, 4) is 11.3 Å². The molecule has 0 aliphatic rings. The van der Waals surface area contributed by atoms with Crippen LogP contribution >= 0.6 is 11.8 Å². The lowest BCUT2D eigenvalue weighted by atomic mass is 10.1. The van der Waals surface area contributed by atoms with Gasteiger partial charge >= 0.3 is 0 Å². The zero-order valence-electron chi connectivity index (χ0n) is 11.4. The predicted octanol–water partition coefficient (Wildman–Crippen LogP) is 2.70. The molecular formula is C14H20N4S. The maximum Gasteiger partial charge on any atom is 0.0710 e. The molecule has 0 radical (unpaired) electrons. The van der Waals surface area contributed by atoms with Gasteiger partial charge in [-0.25, -0.2) is 0 Å². The first-order valence-corrected chi connectivity index (χ1v) is 7.70. The summed E-state index contributed by atoms with van der Waals surface area (Å²) in [6, 6.07) is 4.48. The molecule has 2 aromatic heterocycles. The average Bonchev–Trinajstić information content (AvgIpc) is 2.92. The second-order valence-corrected chi connectivity index (χ2v) is 5.77. The molecule has 19 heavy (non-hydrogen) atoms. The number of pyridine rings is 1. The molecular weight excluding hydrogens is 256 g/mol. The minimum Gasteiger partial charge on any atom is -0.309 e. The van der Waals surface area contributed by atoms with Crippen molar-refractivity contribution in [1.29, 1.82) is 0 Å². The lowest BCUT2D eigenvalue weighted by Gasteiger charge is -2.12. The van der Waals surface area contributed by atoms with Gasteiger partial charge < -0.3 is 5.32 Å². The number of rotatable bonds is 7. The van der Waals surface area contributed by atoms with Crippen LogP contribution in [0.4, 0.5) is 0 Å². The Bertz CT molecular complexity index is 483. The number of nitrogens with zero attached hydrogens (tertiary/aromatic N) is 2. The molecule has 2 N–H and O–H groups in total. The van der Waals surface area contributed by atoms with E-state index in [-0.39, 0.29) is 0 Å². The molecule has 0 aliphatic heterocycles. The van der Waals surface area contributed by atoms with Crippen molar-refractivity contribution < 1.29 is 0 Å². The Labute approximate surface area is 118 Å². The first-order valence-electron chi connectivity index (χ1n) is 6.55. The molecule has 0 fully saturated rings. The van der Waals surface area contributed by atoms with Gasteiger partial charge in [0, 0.05) is 41.9 Å². The van der Waals surface area contributed by atoms with Gasteiger partial charge in [0.05, 0.1) is 11.9 Å². The predicted molar refractivity (Wildman–Crippen MR) is 81.1 cm³/mol. The van der Waals surface area contributed by atoms with E-state index in [0.717, 1.165) is 23.6 Å². The maximum absolute atomic E-state index is 4.15. The molecule has 2 aromatic rings. The Balaban J connectivity index is 1.97. The van der Waals surface area contributed by atoms with Crippen molar-refractivity contribution in [3.63, 3.8) is 0 Å². The van der Waals surface area contributed by atoms with Gasteiger partial charge in [0.15, 0.2) is 0 Å². The van der Waals surface area contributed by atoms with Gasteiger partial charge in [0.25, 0.3) is 0 Å². The van der Waals surface area contributed by atoms with Crippen LogP contribution in [0.25, 0.3) is 11.3 Å². The highest BCUT2D eigenvalue weighted by Crippen LogP contribution is 2.19. The molecule has 0 saturated carbocycles. The monoisotopic (exact) mass is 276 g/mol. The lowest BCUT2D eigenvalue weighted by Crippen LogP contribution is -2.27. The van der Waals surface area contributed by atoms with Crippen molar-refractivity contribution in [3.05, 3.63) is 36.3 Å². The molecule has 4 nitrogen and oxygen atoms in total. The van der Waals surface area contributed by atoms with Crippen LogP contribution in [0.3, 0.4) is 0 Å². The first kappa shape index (κ1) is 14.1. The number of nitrogens with one attached hydrogen (secondary N) is 2. The van der Waals surface area contributed by atoms with E-state index < -0.39 is 0 Å². The molecule has 0 amide bonds. The largest absolute Gasteiger partial charge is 0.309 e. The number of hydrogen-bond acceptors (Lipinski definition) is 4. The van der Waals surface area contributed by atoms with E-state index in [2.05, 4.69) is 34.3 Å². The van der Waals surface area contributed by atoms with Crippen molar-refractivity contribution in [1.82, 2.24) is 20.5 Å². The normalized spacial score (nSPS) is 12.5. The first-order chi connectivity index (χ1) is 9.31. The summed E-state index contributed by atoms with van der Waals surface area (Å²) in [6.07, 6.45) is 5.52. The minimum atomic E-state index is 0.501. The van der Waals surface area contributed by atoms with E-state index in [0.29, 0.717) is 6.04 Å². The Hall–Kier alpha value is -1.33. The highest BCUT2D eigenvalue weighted by Gasteiger charge is 2.09. The Morgan fingerprint density at radius 1 is 1.42 bits per heavy atom. The van der Waals surface area contributed by atoms with Crippen LogP contribution in [-0.2, 0) is 6.54 Å². The zero-order chi connectivity index (χ0) is 13.5. The lowest BCUT2D eigenvalue weighted by molar-refractivity contribution is 0.596. The standard InChI is InChI=1S/C14H20N4S/c1-3-19-10-11(2)16-8-13-9-17-18-14(13)12-5-4-6-15-7-12/h4-7,9,11,16H,3,8,10H2,1-2H3,(H,17,18). The van der Waals surface area contributed by atoms with Gasteiger partial charge in [-0.1, -0.05) is 6.92 Å². The smallest absolute Gasteiger partial charge is 0.0710 e. The summed E-state index contributed by atoms with van der Waals surface area (Å²) in [5, 5.41) is 10.7. The highest BCUT2D eigenvalue weighted by atomic mass is 32.2. The fourth-order valence-corrected chi connectivity index (χ4v) is 2.55. The van der Waals surface area contributed by atoms with Crippen molar-refractivity contribution in [2.24, 2.45) is 0 Å². The molecule has 0 saturated heterocycles. The summed E-state index contributed by atoms with van der Waals surface area (Å²) >= 11 is 1.96. The molecule has 102 valence electrons. The quantitative estimate of drug-likeness (QED) is 0.816. The zero-order valence-corrected chi connectivity index (χ0v) is 12.2. The van der Waals surface area contributed by atoms with Crippen LogP contribution < -0.4 is 5.32 Å². The fourth-order valence-electron chi connectivity index (χ4n) is 1.84. The third-order valence-electron chi connectivity index (χ3n) is 2.88. The van der Waals surface area contributed by atoms with E-state index in [1.165, 1.54) is 11.3 Å². The maximum atomic E-state index is 4.15.